The van der Waals surface area contributed by atoms with E-state index in [4.69, 9.17) is 9.47 Å². The summed E-state index contributed by atoms with van der Waals surface area (Å²) in [6.45, 7) is 5.44. The number of carbonyl (C=O) groups excluding carboxylic acids is 1. The number of rotatable bonds is 7. The van der Waals surface area contributed by atoms with E-state index in [1.807, 2.05) is 12.1 Å². The molecule has 0 aliphatic heterocycles. The highest BCUT2D eigenvalue weighted by atomic mass is 16.5. The molecule has 1 N–H and O–H groups in total. The first-order valence-electron chi connectivity index (χ1n) is 6.55. The highest BCUT2D eigenvalue weighted by Gasteiger charge is 2.12. The third-order valence-corrected chi connectivity index (χ3v) is 2.92. The van der Waals surface area contributed by atoms with Gasteiger partial charge < -0.3 is 14.8 Å². The minimum Gasteiger partial charge on any atom is -0.496 e. The van der Waals surface area contributed by atoms with Crippen LogP contribution in [0.4, 0.5) is 0 Å². The van der Waals surface area contributed by atoms with E-state index >= 15 is 0 Å². The van der Waals surface area contributed by atoms with E-state index in [-0.39, 0.29) is 5.91 Å². The molecule has 0 unspecified atom stereocenters. The Morgan fingerprint density at radius 3 is 2.63 bits per heavy atom. The van der Waals surface area contributed by atoms with Crippen LogP contribution in [0.15, 0.2) is 18.2 Å². The van der Waals surface area contributed by atoms with Crippen LogP contribution in [0.2, 0.25) is 0 Å². The van der Waals surface area contributed by atoms with Crippen molar-refractivity contribution in [2.45, 2.75) is 26.2 Å². The molecule has 1 aromatic carbocycles. The van der Waals surface area contributed by atoms with Crippen LogP contribution in [0.3, 0.4) is 0 Å². The van der Waals surface area contributed by atoms with E-state index in [2.05, 4.69) is 19.2 Å². The number of hydrogen-bond donors (Lipinski definition) is 1. The summed E-state index contributed by atoms with van der Waals surface area (Å²) in [7, 11) is 3.30. The molecule has 0 spiro atoms. The van der Waals surface area contributed by atoms with Gasteiger partial charge in [-0.2, -0.15) is 0 Å². The van der Waals surface area contributed by atoms with Gasteiger partial charge in [-0.05, 0) is 36.1 Å². The molecule has 106 valence electrons. The Morgan fingerprint density at radius 1 is 1.32 bits per heavy atom. The Bertz CT molecular complexity index is 416. The van der Waals surface area contributed by atoms with Crippen LogP contribution in [0.5, 0.6) is 5.75 Å². The molecule has 0 aliphatic carbocycles. The van der Waals surface area contributed by atoms with E-state index in [1.165, 1.54) is 0 Å². The van der Waals surface area contributed by atoms with Crippen molar-refractivity contribution in [3.63, 3.8) is 0 Å². The molecule has 0 radical (unpaired) electrons. The highest BCUT2D eigenvalue weighted by Crippen LogP contribution is 2.27. The Hall–Kier alpha value is -1.55. The normalized spacial score (nSPS) is 10.6. The van der Waals surface area contributed by atoms with Gasteiger partial charge in [-0.1, -0.05) is 13.8 Å². The standard InChI is InChI=1S/C15H23NO3/c1-11(2)13-10-12(6-7-14(13)19-4)15(17)16-8-5-9-18-3/h6-7,10-11H,5,8-9H2,1-4H3,(H,16,17). The SMILES string of the molecule is COCCCNC(=O)c1ccc(OC)c(C(C)C)c1. The molecular weight excluding hydrogens is 242 g/mol. The van der Waals surface area contributed by atoms with Crippen LogP contribution < -0.4 is 10.1 Å². The molecule has 0 aromatic heterocycles. The average Bonchev–Trinajstić information content (AvgIpc) is 2.42. The minimum atomic E-state index is -0.0549. The predicted molar refractivity (Wildman–Crippen MR) is 75.9 cm³/mol. The first kappa shape index (κ1) is 15.5. The van der Waals surface area contributed by atoms with Crippen molar-refractivity contribution in [3.8, 4) is 5.75 Å². The number of amides is 1. The van der Waals surface area contributed by atoms with Gasteiger partial charge in [0.1, 0.15) is 5.75 Å². The number of ether oxygens (including phenoxy) is 2. The van der Waals surface area contributed by atoms with Gasteiger partial charge in [0.25, 0.3) is 5.91 Å². The molecule has 0 fully saturated rings. The summed E-state index contributed by atoms with van der Waals surface area (Å²) in [5, 5.41) is 2.88. The molecular formula is C15H23NO3. The summed E-state index contributed by atoms with van der Waals surface area (Å²) in [6.07, 6.45) is 0.815. The van der Waals surface area contributed by atoms with Gasteiger partial charge in [0.05, 0.1) is 7.11 Å². The van der Waals surface area contributed by atoms with Gasteiger partial charge >= 0.3 is 0 Å². The lowest BCUT2D eigenvalue weighted by Gasteiger charge is -2.13. The van der Waals surface area contributed by atoms with Crippen LogP contribution in [-0.4, -0.2) is 33.3 Å². The maximum atomic E-state index is 12.0. The molecule has 0 saturated heterocycles. The Labute approximate surface area is 115 Å². The van der Waals surface area contributed by atoms with Crippen molar-refractivity contribution in [3.05, 3.63) is 29.3 Å². The van der Waals surface area contributed by atoms with E-state index in [9.17, 15) is 4.79 Å². The number of carbonyl (C=O) groups is 1. The average molecular weight is 265 g/mol. The molecule has 4 heteroatoms. The van der Waals surface area contributed by atoms with Crippen molar-refractivity contribution >= 4 is 5.91 Å². The quantitative estimate of drug-likeness (QED) is 0.771. The number of benzene rings is 1. The van der Waals surface area contributed by atoms with E-state index in [0.29, 0.717) is 24.6 Å². The minimum absolute atomic E-state index is 0.0549. The fraction of sp³-hybridized carbons (Fsp3) is 0.533. The molecule has 19 heavy (non-hydrogen) atoms. The lowest BCUT2D eigenvalue weighted by Crippen LogP contribution is -2.25. The second-order valence-corrected chi connectivity index (χ2v) is 4.71. The van der Waals surface area contributed by atoms with Crippen LogP contribution in [0, 0.1) is 0 Å². The zero-order valence-electron chi connectivity index (χ0n) is 12.2. The zero-order valence-corrected chi connectivity index (χ0v) is 12.2. The molecule has 0 bridgehead atoms. The largest absolute Gasteiger partial charge is 0.496 e. The van der Waals surface area contributed by atoms with E-state index in [1.54, 1.807) is 20.3 Å². The van der Waals surface area contributed by atoms with Gasteiger partial charge in [-0.3, -0.25) is 4.79 Å². The molecule has 0 heterocycles. The molecule has 1 amide bonds. The summed E-state index contributed by atoms with van der Waals surface area (Å²) >= 11 is 0. The van der Waals surface area contributed by atoms with Crippen molar-refractivity contribution in [2.75, 3.05) is 27.4 Å². The fourth-order valence-corrected chi connectivity index (χ4v) is 1.85. The Balaban J connectivity index is 2.72. The Kier molecular flexibility index (Phi) is 6.36. The van der Waals surface area contributed by atoms with Gasteiger partial charge in [0.15, 0.2) is 0 Å². The van der Waals surface area contributed by atoms with Crippen LogP contribution in [0.1, 0.15) is 42.1 Å². The number of hydrogen-bond acceptors (Lipinski definition) is 3. The molecule has 1 rings (SSSR count). The van der Waals surface area contributed by atoms with Gasteiger partial charge in [-0.15, -0.1) is 0 Å². The highest BCUT2D eigenvalue weighted by molar-refractivity contribution is 5.94. The lowest BCUT2D eigenvalue weighted by atomic mass is 9.99. The summed E-state index contributed by atoms with van der Waals surface area (Å²) in [4.78, 5) is 12.0. The summed E-state index contributed by atoms with van der Waals surface area (Å²) in [5.41, 5.74) is 1.72. The third-order valence-electron chi connectivity index (χ3n) is 2.92. The van der Waals surface area contributed by atoms with Gasteiger partial charge in [-0.25, -0.2) is 0 Å². The topological polar surface area (TPSA) is 47.6 Å². The number of nitrogens with one attached hydrogen (secondary N) is 1. The fourth-order valence-electron chi connectivity index (χ4n) is 1.85. The molecule has 1 aromatic rings. The zero-order chi connectivity index (χ0) is 14.3. The second kappa shape index (κ2) is 7.79. The molecule has 0 atom stereocenters. The van der Waals surface area contributed by atoms with Gasteiger partial charge in [0, 0.05) is 25.8 Å². The van der Waals surface area contributed by atoms with Crippen molar-refractivity contribution in [2.24, 2.45) is 0 Å². The van der Waals surface area contributed by atoms with E-state index < -0.39 is 0 Å². The van der Waals surface area contributed by atoms with Gasteiger partial charge in [0.2, 0.25) is 0 Å². The molecule has 4 nitrogen and oxygen atoms in total. The molecule has 0 saturated carbocycles. The van der Waals surface area contributed by atoms with Crippen molar-refractivity contribution in [1.82, 2.24) is 5.32 Å². The van der Waals surface area contributed by atoms with Crippen LogP contribution in [0.25, 0.3) is 0 Å². The first-order chi connectivity index (χ1) is 9.10. The number of methoxy groups -OCH3 is 2. The van der Waals surface area contributed by atoms with Crippen molar-refractivity contribution in [1.29, 1.82) is 0 Å². The summed E-state index contributed by atoms with van der Waals surface area (Å²) in [5.74, 6) is 1.09. The van der Waals surface area contributed by atoms with Crippen LogP contribution >= 0.6 is 0 Å². The van der Waals surface area contributed by atoms with E-state index in [0.717, 1.165) is 17.7 Å². The maximum Gasteiger partial charge on any atom is 0.251 e. The van der Waals surface area contributed by atoms with Crippen LogP contribution in [-0.2, 0) is 4.74 Å². The smallest absolute Gasteiger partial charge is 0.251 e. The van der Waals surface area contributed by atoms with Crippen molar-refractivity contribution < 1.29 is 14.3 Å². The second-order valence-electron chi connectivity index (χ2n) is 4.71. The maximum absolute atomic E-state index is 12.0. The third kappa shape index (κ3) is 4.56. The summed E-state index contributed by atoms with van der Waals surface area (Å²) in [6, 6.07) is 5.53. The Morgan fingerprint density at radius 2 is 2.05 bits per heavy atom. The first-order valence-corrected chi connectivity index (χ1v) is 6.55. The molecule has 0 aliphatic rings. The predicted octanol–water partition coefficient (Wildman–Crippen LogP) is 2.58. The summed E-state index contributed by atoms with van der Waals surface area (Å²) < 4.78 is 10.2. The lowest BCUT2D eigenvalue weighted by molar-refractivity contribution is 0.0948. The monoisotopic (exact) mass is 265 g/mol.